The third-order valence-corrected chi connectivity index (χ3v) is 5.46. The SMILES string of the molecule is Cc1nn(-c2ccccc2)c2oc(=N)c(C(=O)/C=C3/C=Cc4ccccc4N3C)cc12. The van der Waals surface area contributed by atoms with E-state index < -0.39 is 0 Å². The minimum Gasteiger partial charge on any atom is -0.420 e. The number of hydrogen-bond acceptors (Lipinski definition) is 5. The van der Waals surface area contributed by atoms with Crippen LogP contribution in [0.15, 0.2) is 82.9 Å². The van der Waals surface area contributed by atoms with Gasteiger partial charge in [0.15, 0.2) is 5.78 Å². The van der Waals surface area contributed by atoms with Crippen LogP contribution in [-0.4, -0.2) is 22.6 Å². The second-order valence-electron chi connectivity index (χ2n) is 7.43. The van der Waals surface area contributed by atoms with E-state index in [2.05, 4.69) is 5.10 Å². The highest BCUT2D eigenvalue weighted by atomic mass is 16.3. The first kappa shape index (κ1) is 18.8. The van der Waals surface area contributed by atoms with E-state index in [1.165, 1.54) is 6.08 Å². The van der Waals surface area contributed by atoms with E-state index in [1.54, 1.807) is 10.7 Å². The van der Waals surface area contributed by atoms with Crippen LogP contribution in [0.2, 0.25) is 0 Å². The van der Waals surface area contributed by atoms with Crippen molar-refractivity contribution in [2.75, 3.05) is 11.9 Å². The maximum Gasteiger partial charge on any atom is 0.232 e. The lowest BCUT2D eigenvalue weighted by Gasteiger charge is -2.26. The summed E-state index contributed by atoms with van der Waals surface area (Å²) in [5.74, 6) is -0.284. The first-order chi connectivity index (χ1) is 15.0. The van der Waals surface area contributed by atoms with Crippen molar-refractivity contribution in [3.8, 4) is 5.69 Å². The van der Waals surface area contributed by atoms with Gasteiger partial charge >= 0.3 is 0 Å². The van der Waals surface area contributed by atoms with Crippen LogP contribution in [-0.2, 0) is 0 Å². The van der Waals surface area contributed by atoms with Crippen LogP contribution in [0, 0.1) is 12.3 Å². The van der Waals surface area contributed by atoms with Crippen molar-refractivity contribution in [1.29, 1.82) is 5.41 Å². The molecule has 6 nitrogen and oxygen atoms in total. The Balaban J connectivity index is 1.56. The highest BCUT2D eigenvalue weighted by molar-refractivity contribution is 6.07. The number of allylic oxidation sites excluding steroid dienone is 2. The number of benzene rings is 2. The normalized spacial score (nSPS) is 14.3. The minimum atomic E-state index is -0.284. The number of ketones is 1. The number of likely N-dealkylation sites (N-methyl/N-ethyl adjacent to an activating group) is 1. The molecule has 152 valence electrons. The highest BCUT2D eigenvalue weighted by Crippen LogP contribution is 2.29. The van der Waals surface area contributed by atoms with Crippen LogP contribution in [0.4, 0.5) is 5.69 Å². The van der Waals surface area contributed by atoms with Crippen molar-refractivity contribution in [2.24, 2.45) is 0 Å². The van der Waals surface area contributed by atoms with Gasteiger partial charge in [0.2, 0.25) is 11.3 Å². The molecular formula is C25H20N4O2. The highest BCUT2D eigenvalue weighted by Gasteiger charge is 2.19. The monoisotopic (exact) mass is 408 g/mol. The first-order valence-electron chi connectivity index (χ1n) is 9.93. The van der Waals surface area contributed by atoms with Gasteiger partial charge in [-0.15, -0.1) is 0 Å². The molecule has 0 bridgehead atoms. The summed E-state index contributed by atoms with van der Waals surface area (Å²) in [7, 11) is 1.92. The Morgan fingerprint density at radius 3 is 2.61 bits per heavy atom. The summed E-state index contributed by atoms with van der Waals surface area (Å²) in [5.41, 5.74) is 4.89. The number of hydrogen-bond donors (Lipinski definition) is 1. The van der Waals surface area contributed by atoms with E-state index in [1.807, 2.05) is 85.6 Å². The molecule has 0 fully saturated rings. The van der Waals surface area contributed by atoms with Crippen molar-refractivity contribution in [2.45, 2.75) is 6.92 Å². The molecule has 2 aromatic heterocycles. The van der Waals surface area contributed by atoms with E-state index in [0.717, 1.165) is 28.3 Å². The van der Waals surface area contributed by atoms with Gasteiger partial charge < -0.3 is 9.32 Å². The molecule has 3 heterocycles. The Morgan fingerprint density at radius 2 is 1.81 bits per heavy atom. The number of para-hydroxylation sites is 2. The summed E-state index contributed by atoms with van der Waals surface area (Å²) in [6.07, 6.45) is 5.42. The number of fused-ring (bicyclic) bond motifs is 2. The maximum absolute atomic E-state index is 13.1. The van der Waals surface area contributed by atoms with Crippen LogP contribution in [0.25, 0.3) is 22.9 Å². The second-order valence-corrected chi connectivity index (χ2v) is 7.43. The smallest absolute Gasteiger partial charge is 0.232 e. The largest absolute Gasteiger partial charge is 0.420 e. The molecule has 2 aromatic carbocycles. The van der Waals surface area contributed by atoms with Gasteiger partial charge in [-0.05, 0) is 42.8 Å². The Hall–Kier alpha value is -4.19. The zero-order valence-electron chi connectivity index (χ0n) is 17.2. The lowest BCUT2D eigenvalue weighted by atomic mass is 10.0. The Kier molecular flexibility index (Phi) is 4.40. The molecule has 5 rings (SSSR count). The fraction of sp³-hybridized carbons (Fsp3) is 0.0800. The van der Waals surface area contributed by atoms with Crippen LogP contribution in [0.5, 0.6) is 0 Å². The molecule has 0 unspecified atom stereocenters. The van der Waals surface area contributed by atoms with E-state index in [9.17, 15) is 4.79 Å². The molecule has 1 aliphatic rings. The second kappa shape index (κ2) is 7.25. The van der Waals surface area contributed by atoms with Crippen LogP contribution in [0.3, 0.4) is 0 Å². The number of nitrogens with zero attached hydrogens (tertiary/aromatic N) is 3. The van der Waals surface area contributed by atoms with Gasteiger partial charge in [-0.2, -0.15) is 9.78 Å². The van der Waals surface area contributed by atoms with Gasteiger partial charge in [0.1, 0.15) is 0 Å². The number of carbonyl (C=O) groups is 1. The Morgan fingerprint density at radius 1 is 1.06 bits per heavy atom. The molecule has 0 atom stereocenters. The van der Waals surface area contributed by atoms with E-state index in [4.69, 9.17) is 9.83 Å². The predicted molar refractivity (Wildman–Crippen MR) is 120 cm³/mol. The van der Waals surface area contributed by atoms with Crippen molar-refractivity contribution in [3.63, 3.8) is 0 Å². The lowest BCUT2D eigenvalue weighted by Crippen LogP contribution is -2.21. The molecule has 4 aromatic rings. The van der Waals surface area contributed by atoms with Gasteiger partial charge in [-0.1, -0.05) is 42.5 Å². The minimum absolute atomic E-state index is 0.186. The number of carbonyl (C=O) groups excluding carboxylic acids is 1. The molecule has 0 saturated heterocycles. The van der Waals surface area contributed by atoms with Gasteiger partial charge in [-0.25, -0.2) is 0 Å². The molecule has 6 heteroatoms. The maximum atomic E-state index is 13.1. The van der Waals surface area contributed by atoms with Crippen molar-refractivity contribution < 1.29 is 9.21 Å². The van der Waals surface area contributed by atoms with Crippen LogP contribution >= 0.6 is 0 Å². The lowest BCUT2D eigenvalue weighted by molar-refractivity contribution is 0.104. The number of aryl methyl sites for hydroxylation is 1. The van der Waals surface area contributed by atoms with Gasteiger partial charge in [-0.3, -0.25) is 10.2 Å². The molecule has 0 radical (unpaired) electrons. The van der Waals surface area contributed by atoms with E-state index in [0.29, 0.717) is 11.1 Å². The quantitative estimate of drug-likeness (QED) is 0.396. The van der Waals surface area contributed by atoms with Gasteiger partial charge in [0.05, 0.1) is 22.3 Å². The van der Waals surface area contributed by atoms with Crippen LogP contribution < -0.4 is 10.5 Å². The summed E-state index contributed by atoms with van der Waals surface area (Å²) in [5, 5.41) is 13.6. The number of rotatable bonds is 3. The summed E-state index contributed by atoms with van der Waals surface area (Å²) < 4.78 is 7.43. The molecule has 1 N–H and O–H groups in total. The Bertz CT molecular complexity index is 1440. The summed E-state index contributed by atoms with van der Waals surface area (Å²) in [6, 6.07) is 19.3. The zero-order valence-corrected chi connectivity index (χ0v) is 17.2. The van der Waals surface area contributed by atoms with Crippen molar-refractivity contribution in [3.05, 3.63) is 101 Å². The molecular weight excluding hydrogens is 388 g/mol. The molecule has 0 saturated carbocycles. The zero-order chi connectivity index (χ0) is 21.5. The summed E-state index contributed by atoms with van der Waals surface area (Å²) in [4.78, 5) is 15.0. The fourth-order valence-electron chi connectivity index (χ4n) is 3.79. The average molecular weight is 408 g/mol. The Labute approximate surface area is 178 Å². The molecule has 31 heavy (non-hydrogen) atoms. The fourth-order valence-corrected chi connectivity index (χ4v) is 3.79. The molecule has 0 amide bonds. The molecule has 0 spiro atoms. The number of aromatic nitrogens is 2. The summed E-state index contributed by atoms with van der Waals surface area (Å²) >= 11 is 0. The van der Waals surface area contributed by atoms with Gasteiger partial charge in [0, 0.05) is 24.5 Å². The number of nitrogens with one attached hydrogen (secondary N) is 1. The van der Waals surface area contributed by atoms with Crippen molar-refractivity contribution >= 4 is 28.6 Å². The van der Waals surface area contributed by atoms with Crippen LogP contribution in [0.1, 0.15) is 21.6 Å². The van der Waals surface area contributed by atoms with Crippen molar-refractivity contribution in [1.82, 2.24) is 9.78 Å². The number of anilines is 1. The third-order valence-electron chi connectivity index (χ3n) is 5.46. The topological polar surface area (TPSA) is 75.1 Å². The van der Waals surface area contributed by atoms with E-state index in [-0.39, 0.29) is 16.9 Å². The first-order valence-corrected chi connectivity index (χ1v) is 9.93. The third kappa shape index (κ3) is 3.18. The predicted octanol–water partition coefficient (Wildman–Crippen LogP) is 4.64. The average Bonchev–Trinajstić information content (AvgIpc) is 3.11. The van der Waals surface area contributed by atoms with E-state index >= 15 is 0 Å². The standard InChI is InChI=1S/C25H20N4O2/c1-16-20-15-21(24(26)31-25(20)29(27-16)18-9-4-3-5-10-18)23(30)14-19-13-12-17-8-6-7-11-22(17)28(19)2/h3-15,26H,1-2H3/b19-14-,26-24?. The summed E-state index contributed by atoms with van der Waals surface area (Å²) in [6.45, 7) is 1.86. The molecule has 0 aliphatic carbocycles. The van der Waals surface area contributed by atoms with Gasteiger partial charge in [0.25, 0.3) is 0 Å². The molecule has 1 aliphatic heterocycles.